The molecule has 0 saturated carbocycles. The number of anilines is 2. The van der Waals surface area contributed by atoms with Crippen molar-refractivity contribution in [3.05, 3.63) is 60.2 Å². The predicted octanol–water partition coefficient (Wildman–Crippen LogP) is 2.34. The van der Waals surface area contributed by atoms with Crippen LogP contribution < -0.4 is 10.6 Å². The van der Waals surface area contributed by atoms with Gasteiger partial charge in [0.2, 0.25) is 0 Å². The molecule has 1 amide bonds. The molecule has 0 spiro atoms. The van der Waals surface area contributed by atoms with Crippen molar-refractivity contribution in [3.8, 4) is 0 Å². The van der Waals surface area contributed by atoms with E-state index < -0.39 is 0 Å². The van der Waals surface area contributed by atoms with E-state index in [4.69, 9.17) is 5.11 Å². The molecule has 0 aliphatic rings. The van der Waals surface area contributed by atoms with Gasteiger partial charge >= 0.3 is 0 Å². The minimum Gasteiger partial charge on any atom is -0.395 e. The first kappa shape index (κ1) is 13.1. The summed E-state index contributed by atoms with van der Waals surface area (Å²) >= 11 is 0. The molecule has 0 radical (unpaired) electrons. The van der Waals surface area contributed by atoms with Crippen LogP contribution >= 0.6 is 0 Å². The molecule has 19 heavy (non-hydrogen) atoms. The summed E-state index contributed by atoms with van der Waals surface area (Å²) in [5.41, 5.74) is 2.25. The Labute approximate surface area is 112 Å². The average Bonchev–Trinajstić information content (AvgIpc) is 2.46. The maximum Gasteiger partial charge on any atom is 0.255 e. The van der Waals surface area contributed by atoms with E-state index in [1.165, 1.54) is 0 Å². The first-order valence-corrected chi connectivity index (χ1v) is 6.11. The van der Waals surface area contributed by atoms with Crippen LogP contribution in [0.25, 0.3) is 0 Å². The highest BCUT2D eigenvalue weighted by molar-refractivity contribution is 6.04. The summed E-state index contributed by atoms with van der Waals surface area (Å²) in [5.74, 6) is -0.139. The third-order valence-corrected chi connectivity index (χ3v) is 2.62. The Balaban J connectivity index is 1.99. The lowest BCUT2D eigenvalue weighted by atomic mass is 10.2. The normalized spacial score (nSPS) is 9.95. The van der Waals surface area contributed by atoms with Gasteiger partial charge in [0, 0.05) is 23.5 Å². The summed E-state index contributed by atoms with van der Waals surface area (Å²) in [6.45, 7) is 0.575. The number of benzene rings is 2. The average molecular weight is 256 g/mol. The lowest BCUT2D eigenvalue weighted by Crippen LogP contribution is -2.12. The molecule has 98 valence electrons. The Bertz CT molecular complexity index is 524. The Morgan fingerprint density at radius 1 is 0.947 bits per heavy atom. The Hall–Kier alpha value is -2.33. The number of hydrogen-bond donors (Lipinski definition) is 3. The van der Waals surface area contributed by atoms with Crippen LogP contribution in [0.4, 0.5) is 11.4 Å². The minimum atomic E-state index is -0.139. The second-order valence-electron chi connectivity index (χ2n) is 4.05. The van der Waals surface area contributed by atoms with Crippen LogP contribution in [0.15, 0.2) is 54.6 Å². The number of carbonyl (C=O) groups excluding carboxylic acids is 1. The number of aliphatic hydroxyl groups excluding tert-OH is 1. The molecule has 0 fully saturated rings. The van der Waals surface area contributed by atoms with Gasteiger partial charge in [-0.05, 0) is 36.4 Å². The zero-order valence-electron chi connectivity index (χ0n) is 10.5. The van der Waals surface area contributed by atoms with E-state index in [1.54, 1.807) is 12.1 Å². The van der Waals surface area contributed by atoms with Gasteiger partial charge in [-0.2, -0.15) is 0 Å². The number of rotatable bonds is 5. The van der Waals surface area contributed by atoms with Crippen molar-refractivity contribution in [3.63, 3.8) is 0 Å². The summed E-state index contributed by atoms with van der Waals surface area (Å²) in [5, 5.41) is 14.6. The van der Waals surface area contributed by atoms with E-state index in [0.29, 0.717) is 12.1 Å². The minimum absolute atomic E-state index is 0.0796. The number of hydrogen-bond acceptors (Lipinski definition) is 3. The number of para-hydroxylation sites is 1. The van der Waals surface area contributed by atoms with Gasteiger partial charge in [-0.1, -0.05) is 18.2 Å². The molecule has 2 aromatic carbocycles. The molecule has 0 unspecified atom stereocenters. The number of amides is 1. The Morgan fingerprint density at radius 3 is 2.26 bits per heavy atom. The van der Waals surface area contributed by atoms with Gasteiger partial charge in [0.25, 0.3) is 5.91 Å². The highest BCUT2D eigenvalue weighted by Gasteiger charge is 2.05. The molecule has 0 aliphatic carbocycles. The Morgan fingerprint density at radius 2 is 1.63 bits per heavy atom. The second kappa shape index (κ2) is 6.56. The van der Waals surface area contributed by atoms with Crippen molar-refractivity contribution in [2.45, 2.75) is 0 Å². The SMILES string of the molecule is O=C(Nc1ccccc1)c1ccc(NCCO)cc1. The van der Waals surface area contributed by atoms with Crippen LogP contribution in [0.2, 0.25) is 0 Å². The van der Waals surface area contributed by atoms with Crippen molar-refractivity contribution >= 4 is 17.3 Å². The van der Waals surface area contributed by atoms with E-state index in [-0.39, 0.29) is 12.5 Å². The van der Waals surface area contributed by atoms with Gasteiger partial charge in [0.05, 0.1) is 6.61 Å². The third-order valence-electron chi connectivity index (χ3n) is 2.62. The topological polar surface area (TPSA) is 61.4 Å². The molecular weight excluding hydrogens is 240 g/mol. The molecular formula is C15H16N2O2. The van der Waals surface area contributed by atoms with Crippen LogP contribution in [-0.4, -0.2) is 24.2 Å². The van der Waals surface area contributed by atoms with E-state index in [2.05, 4.69) is 10.6 Å². The van der Waals surface area contributed by atoms with Gasteiger partial charge in [-0.15, -0.1) is 0 Å². The smallest absolute Gasteiger partial charge is 0.255 e. The molecule has 0 bridgehead atoms. The molecule has 4 heteroatoms. The van der Waals surface area contributed by atoms with Crippen molar-refractivity contribution < 1.29 is 9.90 Å². The first-order chi connectivity index (χ1) is 9.29. The van der Waals surface area contributed by atoms with Gasteiger partial charge in [0.1, 0.15) is 0 Å². The number of aliphatic hydroxyl groups is 1. The fourth-order valence-electron chi connectivity index (χ4n) is 1.66. The number of nitrogens with one attached hydrogen (secondary N) is 2. The molecule has 2 rings (SSSR count). The Kier molecular flexibility index (Phi) is 4.53. The molecule has 4 nitrogen and oxygen atoms in total. The molecule has 0 heterocycles. The highest BCUT2D eigenvalue weighted by Crippen LogP contribution is 2.12. The molecule has 0 atom stereocenters. The molecule has 0 aromatic heterocycles. The zero-order chi connectivity index (χ0) is 13.5. The lowest BCUT2D eigenvalue weighted by molar-refractivity contribution is 0.102. The quantitative estimate of drug-likeness (QED) is 0.769. The fourth-order valence-corrected chi connectivity index (χ4v) is 1.66. The summed E-state index contributed by atoms with van der Waals surface area (Å²) in [4.78, 5) is 12.0. The van der Waals surface area contributed by atoms with Crippen LogP contribution in [0.3, 0.4) is 0 Å². The van der Waals surface area contributed by atoms with Crippen LogP contribution in [0.1, 0.15) is 10.4 Å². The van der Waals surface area contributed by atoms with Crippen LogP contribution in [0, 0.1) is 0 Å². The third kappa shape index (κ3) is 3.82. The van der Waals surface area contributed by atoms with Crippen molar-refractivity contribution in [2.24, 2.45) is 0 Å². The summed E-state index contributed by atoms with van der Waals surface area (Å²) in [6, 6.07) is 16.5. The van der Waals surface area contributed by atoms with Gasteiger partial charge in [0.15, 0.2) is 0 Å². The van der Waals surface area contributed by atoms with Gasteiger partial charge in [-0.3, -0.25) is 4.79 Å². The standard InChI is InChI=1S/C15H16N2O2/c18-11-10-16-13-8-6-12(7-9-13)15(19)17-14-4-2-1-3-5-14/h1-9,16,18H,10-11H2,(H,17,19). The maximum absolute atomic E-state index is 12.0. The summed E-state index contributed by atoms with van der Waals surface area (Å²) in [6.07, 6.45) is 0. The van der Waals surface area contributed by atoms with E-state index >= 15 is 0 Å². The zero-order valence-corrected chi connectivity index (χ0v) is 10.5. The van der Waals surface area contributed by atoms with Crippen molar-refractivity contribution in [1.82, 2.24) is 0 Å². The van der Waals surface area contributed by atoms with Crippen LogP contribution in [0.5, 0.6) is 0 Å². The van der Waals surface area contributed by atoms with E-state index in [1.807, 2.05) is 42.5 Å². The second-order valence-corrected chi connectivity index (χ2v) is 4.05. The van der Waals surface area contributed by atoms with Crippen LogP contribution in [-0.2, 0) is 0 Å². The maximum atomic E-state index is 12.0. The largest absolute Gasteiger partial charge is 0.395 e. The predicted molar refractivity (Wildman–Crippen MR) is 76.4 cm³/mol. The highest BCUT2D eigenvalue weighted by atomic mass is 16.3. The molecule has 0 saturated heterocycles. The van der Waals surface area contributed by atoms with Gasteiger partial charge < -0.3 is 15.7 Å². The molecule has 2 aromatic rings. The summed E-state index contributed by atoms with van der Waals surface area (Å²) < 4.78 is 0. The van der Waals surface area contributed by atoms with E-state index in [0.717, 1.165) is 11.4 Å². The molecule has 0 aliphatic heterocycles. The number of carbonyl (C=O) groups is 1. The lowest BCUT2D eigenvalue weighted by Gasteiger charge is -2.07. The van der Waals surface area contributed by atoms with E-state index in [9.17, 15) is 4.79 Å². The van der Waals surface area contributed by atoms with Crippen molar-refractivity contribution in [1.29, 1.82) is 0 Å². The van der Waals surface area contributed by atoms with Crippen molar-refractivity contribution in [2.75, 3.05) is 23.8 Å². The fraction of sp³-hybridized carbons (Fsp3) is 0.133. The molecule has 3 N–H and O–H groups in total. The van der Waals surface area contributed by atoms with Gasteiger partial charge in [-0.25, -0.2) is 0 Å². The first-order valence-electron chi connectivity index (χ1n) is 6.11. The monoisotopic (exact) mass is 256 g/mol. The summed E-state index contributed by atoms with van der Waals surface area (Å²) in [7, 11) is 0.